The highest BCUT2D eigenvalue weighted by Crippen LogP contribution is 2.33. The third-order valence-electron chi connectivity index (χ3n) is 7.16. The lowest BCUT2D eigenvalue weighted by molar-refractivity contribution is -0.312. The Labute approximate surface area is 266 Å². The van der Waals surface area contributed by atoms with Crippen LogP contribution >= 0.6 is 0 Å². The Morgan fingerprint density at radius 1 is 0.978 bits per heavy atom. The highest BCUT2D eigenvalue weighted by molar-refractivity contribution is 5.79. The van der Waals surface area contributed by atoms with Gasteiger partial charge in [0.15, 0.2) is 0 Å². The van der Waals surface area contributed by atoms with Gasteiger partial charge in [-0.2, -0.15) is 0 Å². The van der Waals surface area contributed by atoms with Gasteiger partial charge in [0.25, 0.3) is 5.79 Å². The number of carboxylic acid groups (broad SMARTS) is 1. The zero-order valence-corrected chi connectivity index (χ0v) is 25.1. The molecule has 0 aliphatic carbocycles. The second-order valence-corrected chi connectivity index (χ2v) is 10.5. The summed E-state index contributed by atoms with van der Waals surface area (Å²) < 4.78 is 21.5. The fourth-order valence-corrected chi connectivity index (χ4v) is 4.82. The molecule has 14 nitrogen and oxygen atoms in total. The molecule has 0 aromatic heterocycles. The van der Waals surface area contributed by atoms with Crippen LogP contribution in [0, 0.1) is 12.3 Å². The minimum Gasteiger partial charge on any atom is -0.477 e. The fraction of sp³-hybridized carbons (Fsp3) is 0.469. The molecule has 0 unspecified atom stereocenters. The summed E-state index contributed by atoms with van der Waals surface area (Å²) >= 11 is 0. The van der Waals surface area contributed by atoms with Crippen molar-refractivity contribution in [3.8, 4) is 23.5 Å². The van der Waals surface area contributed by atoms with Crippen molar-refractivity contribution in [2.24, 2.45) is 0 Å². The number of aliphatic hydroxyl groups excluding tert-OH is 4. The quantitative estimate of drug-likeness (QED) is 0.0755. The number of rotatable bonds is 18. The number of carbonyl (C=O) groups excluding carboxylic acids is 2. The van der Waals surface area contributed by atoms with Crippen molar-refractivity contribution in [3.63, 3.8) is 0 Å². The van der Waals surface area contributed by atoms with Gasteiger partial charge in [-0.1, -0.05) is 60.5 Å². The van der Waals surface area contributed by atoms with Crippen molar-refractivity contribution < 1.29 is 58.9 Å². The predicted molar refractivity (Wildman–Crippen MR) is 162 cm³/mol. The molecule has 250 valence electrons. The Kier molecular flexibility index (Phi) is 14.5. The molecule has 7 N–H and O–H groups in total. The van der Waals surface area contributed by atoms with Crippen molar-refractivity contribution in [1.82, 2.24) is 10.6 Å². The molecule has 2 aromatic carbocycles. The number of aliphatic carboxylic acids is 1. The van der Waals surface area contributed by atoms with Gasteiger partial charge < -0.3 is 55.1 Å². The average Bonchev–Trinajstić information content (AvgIpc) is 3.06. The van der Waals surface area contributed by atoms with E-state index in [1.807, 2.05) is 42.5 Å². The Morgan fingerprint density at radius 2 is 1.63 bits per heavy atom. The van der Waals surface area contributed by atoms with Crippen LogP contribution in [0.4, 0.5) is 0 Å². The molecule has 1 aliphatic rings. The van der Waals surface area contributed by atoms with Gasteiger partial charge in [0.05, 0.1) is 51.1 Å². The van der Waals surface area contributed by atoms with Crippen LogP contribution in [0.1, 0.15) is 12.0 Å². The molecule has 1 fully saturated rings. The van der Waals surface area contributed by atoms with E-state index in [2.05, 4.69) is 16.6 Å². The molecular weight excluding hydrogens is 604 g/mol. The number of benzene rings is 2. The lowest BCUT2D eigenvalue weighted by Crippen LogP contribution is -2.68. The largest absolute Gasteiger partial charge is 0.477 e. The highest BCUT2D eigenvalue weighted by atomic mass is 16.7. The van der Waals surface area contributed by atoms with Crippen LogP contribution in [0.5, 0.6) is 0 Å². The van der Waals surface area contributed by atoms with Gasteiger partial charge in [-0.25, -0.2) is 4.79 Å². The van der Waals surface area contributed by atoms with E-state index >= 15 is 0 Å². The normalized spacial score (nSPS) is 22.3. The number of hydrogen-bond acceptors (Lipinski definition) is 11. The van der Waals surface area contributed by atoms with Crippen LogP contribution in [-0.4, -0.2) is 126 Å². The summed E-state index contributed by atoms with van der Waals surface area (Å²) in [6, 6.07) is 15.6. The Hall–Kier alpha value is -3.91. The fourth-order valence-electron chi connectivity index (χ4n) is 4.82. The summed E-state index contributed by atoms with van der Waals surface area (Å²) in [5.74, 6) is -3.26. The number of carboxylic acids is 1. The maximum absolute atomic E-state index is 12.6. The number of carbonyl (C=O) groups is 3. The Morgan fingerprint density at radius 3 is 2.28 bits per heavy atom. The second kappa shape index (κ2) is 18.3. The Bertz CT molecular complexity index is 1300. The third kappa shape index (κ3) is 10.6. The van der Waals surface area contributed by atoms with Gasteiger partial charge in [-0.3, -0.25) is 9.59 Å². The van der Waals surface area contributed by atoms with E-state index in [0.717, 1.165) is 11.1 Å². The van der Waals surface area contributed by atoms with Crippen molar-refractivity contribution in [2.45, 2.75) is 49.1 Å². The lowest BCUT2D eigenvalue weighted by Gasteiger charge is -2.46. The summed E-state index contributed by atoms with van der Waals surface area (Å²) in [4.78, 5) is 36.9. The molecule has 0 saturated carbocycles. The van der Waals surface area contributed by atoms with Crippen LogP contribution in [0.2, 0.25) is 0 Å². The van der Waals surface area contributed by atoms with Gasteiger partial charge in [-0.05, 0) is 16.7 Å². The number of nitrogens with one attached hydrogen (secondary N) is 2. The van der Waals surface area contributed by atoms with Gasteiger partial charge in [0.1, 0.15) is 25.4 Å². The molecule has 1 heterocycles. The number of ether oxygens (including phenoxy) is 4. The summed E-state index contributed by atoms with van der Waals surface area (Å²) in [5, 5.41) is 56.6. The zero-order valence-electron chi connectivity index (χ0n) is 25.1. The first kappa shape index (κ1) is 36.6. The van der Waals surface area contributed by atoms with E-state index in [9.17, 15) is 39.9 Å². The minimum atomic E-state index is -2.50. The number of hydrogen-bond donors (Lipinski definition) is 7. The van der Waals surface area contributed by atoms with Gasteiger partial charge >= 0.3 is 5.97 Å². The SMILES string of the molecule is C#CCOCCOCCO[C@]1(C(=O)O)C[C@H](O)[C@@H](NC(=O)CO)[C@H]([C@H](O)[C@H](O)CNC(=O)Cc2ccc(-c3ccccc3)cc2)O1. The maximum atomic E-state index is 12.6. The maximum Gasteiger partial charge on any atom is 0.364 e. The first-order chi connectivity index (χ1) is 22.1. The molecule has 6 atom stereocenters. The Balaban J connectivity index is 1.62. The van der Waals surface area contributed by atoms with Gasteiger partial charge in [0.2, 0.25) is 11.8 Å². The van der Waals surface area contributed by atoms with Crippen LogP contribution in [0.15, 0.2) is 54.6 Å². The minimum absolute atomic E-state index is 0.0280. The first-order valence-corrected chi connectivity index (χ1v) is 14.6. The molecule has 0 bridgehead atoms. The summed E-state index contributed by atoms with van der Waals surface area (Å²) in [6.45, 7) is -1.41. The number of aliphatic hydroxyl groups is 4. The van der Waals surface area contributed by atoms with E-state index in [1.54, 1.807) is 12.1 Å². The lowest BCUT2D eigenvalue weighted by atomic mass is 9.88. The van der Waals surface area contributed by atoms with Crippen LogP contribution in [0.3, 0.4) is 0 Å². The van der Waals surface area contributed by atoms with Crippen LogP contribution < -0.4 is 10.6 Å². The van der Waals surface area contributed by atoms with E-state index in [-0.39, 0.29) is 39.5 Å². The second-order valence-electron chi connectivity index (χ2n) is 10.5. The molecule has 3 rings (SSSR count). The van der Waals surface area contributed by atoms with Crippen LogP contribution in [-0.2, 0) is 39.8 Å². The molecule has 14 heteroatoms. The standard InChI is InChI=1S/C32H40N2O12/c1-2-12-43-13-14-44-15-16-45-32(31(41)42)18-24(36)28(34-27(39)20-35)30(46-32)29(40)25(37)19-33-26(38)17-21-8-10-23(11-9-21)22-6-4-3-5-7-22/h1,3-11,24-25,28-30,35-37,40H,12-20H2,(H,33,38)(H,34,39)(H,41,42)/t24-,25+,28+,29+,30+,32+/m0/s1. The number of terminal acetylenes is 1. The van der Waals surface area contributed by atoms with E-state index in [1.165, 1.54) is 0 Å². The van der Waals surface area contributed by atoms with Crippen LogP contribution in [0.25, 0.3) is 11.1 Å². The zero-order chi connectivity index (χ0) is 33.5. The summed E-state index contributed by atoms with van der Waals surface area (Å²) in [6.07, 6.45) is -2.68. The molecule has 0 spiro atoms. The smallest absolute Gasteiger partial charge is 0.364 e. The molecule has 1 aliphatic heterocycles. The molecule has 2 amide bonds. The van der Waals surface area contributed by atoms with E-state index in [0.29, 0.717) is 5.56 Å². The van der Waals surface area contributed by atoms with Crippen molar-refractivity contribution >= 4 is 17.8 Å². The molecule has 2 aromatic rings. The van der Waals surface area contributed by atoms with E-state index in [4.69, 9.17) is 25.4 Å². The van der Waals surface area contributed by atoms with Crippen molar-refractivity contribution in [2.75, 3.05) is 46.2 Å². The molecule has 1 saturated heterocycles. The summed E-state index contributed by atoms with van der Waals surface area (Å²) in [5.41, 5.74) is 2.69. The molecule has 46 heavy (non-hydrogen) atoms. The molecular formula is C32H40N2O12. The van der Waals surface area contributed by atoms with Crippen molar-refractivity contribution in [1.29, 1.82) is 0 Å². The highest BCUT2D eigenvalue weighted by Gasteiger charge is 2.55. The predicted octanol–water partition coefficient (Wildman–Crippen LogP) is -1.18. The van der Waals surface area contributed by atoms with E-state index < -0.39 is 73.6 Å². The first-order valence-electron chi connectivity index (χ1n) is 14.6. The third-order valence-corrected chi connectivity index (χ3v) is 7.16. The topological polar surface area (TPSA) is 213 Å². The average molecular weight is 645 g/mol. The van der Waals surface area contributed by atoms with Gasteiger partial charge in [-0.15, -0.1) is 6.42 Å². The van der Waals surface area contributed by atoms with Crippen molar-refractivity contribution in [3.05, 3.63) is 60.2 Å². The van der Waals surface area contributed by atoms with Gasteiger partial charge in [0, 0.05) is 13.0 Å². The monoisotopic (exact) mass is 644 g/mol. The number of amides is 2. The molecule has 0 radical (unpaired) electrons. The summed E-state index contributed by atoms with van der Waals surface area (Å²) in [7, 11) is 0.